The van der Waals surface area contributed by atoms with Crippen molar-refractivity contribution in [3.05, 3.63) is 125 Å². The zero-order chi connectivity index (χ0) is 21.0. The van der Waals surface area contributed by atoms with Gasteiger partial charge < -0.3 is 5.32 Å². The van der Waals surface area contributed by atoms with Crippen LogP contribution in [0.1, 0.15) is 11.1 Å². The molecule has 0 saturated carbocycles. The van der Waals surface area contributed by atoms with Gasteiger partial charge in [-0.05, 0) is 47.5 Å². The van der Waals surface area contributed by atoms with Crippen molar-refractivity contribution in [2.45, 2.75) is 0 Å². The van der Waals surface area contributed by atoms with Gasteiger partial charge in [-0.15, -0.1) is 5.10 Å². The van der Waals surface area contributed by atoms with Crippen molar-refractivity contribution in [2.24, 2.45) is 0 Å². The molecular weight excluding hydrogens is 404 g/mol. The summed E-state index contributed by atoms with van der Waals surface area (Å²) in [4.78, 5) is 0. The molecule has 1 N–H and O–H groups in total. The lowest BCUT2D eigenvalue weighted by Gasteiger charge is -2.19. The monoisotopic (exact) mass is 422 g/mol. The van der Waals surface area contributed by atoms with Gasteiger partial charge in [0.2, 0.25) is 0 Å². The van der Waals surface area contributed by atoms with Crippen LogP contribution in [0.15, 0.2) is 109 Å². The number of halogens is 1. The van der Waals surface area contributed by atoms with Crippen molar-refractivity contribution in [3.8, 4) is 0 Å². The molecule has 0 aliphatic carbocycles. The molecule has 4 nitrogen and oxygen atoms in total. The van der Waals surface area contributed by atoms with E-state index in [1.54, 1.807) is 0 Å². The molecule has 0 bridgehead atoms. The van der Waals surface area contributed by atoms with Gasteiger partial charge in [0.05, 0.1) is 5.52 Å². The van der Waals surface area contributed by atoms with Gasteiger partial charge in [-0.2, -0.15) is 4.68 Å². The van der Waals surface area contributed by atoms with Gasteiger partial charge in [-0.25, -0.2) is 0 Å². The average molecular weight is 423 g/mol. The summed E-state index contributed by atoms with van der Waals surface area (Å²) in [7, 11) is 0. The van der Waals surface area contributed by atoms with Gasteiger partial charge in [0.25, 0.3) is 0 Å². The second kappa shape index (κ2) is 8.46. The number of para-hydroxylation sites is 1. The molecule has 5 aromatic rings. The van der Waals surface area contributed by atoms with Crippen LogP contribution in [0.3, 0.4) is 0 Å². The molecule has 1 aromatic heterocycles. The maximum atomic E-state index is 6.11. The highest BCUT2D eigenvalue weighted by Gasteiger charge is 2.17. The zero-order valence-electron chi connectivity index (χ0n) is 16.6. The van der Waals surface area contributed by atoms with Crippen molar-refractivity contribution < 1.29 is 0 Å². The van der Waals surface area contributed by atoms with E-state index in [-0.39, 0.29) is 0 Å². The zero-order valence-corrected chi connectivity index (χ0v) is 17.4. The fourth-order valence-electron chi connectivity index (χ4n) is 3.58. The molecule has 0 aliphatic heterocycles. The fraction of sp³-hybridized carbons (Fsp3) is 0. The van der Waals surface area contributed by atoms with E-state index in [0.29, 0.717) is 5.02 Å². The average Bonchev–Trinajstić information content (AvgIpc) is 3.25. The summed E-state index contributed by atoms with van der Waals surface area (Å²) >= 11 is 6.11. The van der Waals surface area contributed by atoms with Crippen LogP contribution in [0.2, 0.25) is 5.02 Å². The number of anilines is 1. The van der Waals surface area contributed by atoms with Crippen LogP contribution in [0.5, 0.6) is 0 Å². The highest BCUT2D eigenvalue weighted by atomic mass is 35.5. The molecule has 4 aromatic carbocycles. The largest absolute Gasteiger partial charge is 0.340 e. The van der Waals surface area contributed by atoms with Crippen LogP contribution < -0.4 is 5.32 Å². The third-order valence-electron chi connectivity index (χ3n) is 5.03. The van der Waals surface area contributed by atoms with Crippen LogP contribution in [-0.2, 0) is 0 Å². The van der Waals surface area contributed by atoms with E-state index in [1.165, 1.54) is 0 Å². The van der Waals surface area contributed by atoms with E-state index >= 15 is 0 Å². The predicted octanol–water partition coefficient (Wildman–Crippen LogP) is 6.57. The van der Waals surface area contributed by atoms with Gasteiger partial charge in [0.1, 0.15) is 11.3 Å². The van der Waals surface area contributed by atoms with Crippen molar-refractivity contribution in [2.75, 3.05) is 5.32 Å². The molecule has 0 spiro atoms. The van der Waals surface area contributed by atoms with Gasteiger partial charge in [0, 0.05) is 16.3 Å². The lowest BCUT2D eigenvalue weighted by molar-refractivity contribution is 0.838. The van der Waals surface area contributed by atoms with Crippen LogP contribution in [-0.4, -0.2) is 15.0 Å². The first kappa shape index (κ1) is 19.1. The molecule has 1 heterocycles. The maximum Gasteiger partial charge on any atom is 0.142 e. The normalized spacial score (nSPS) is 10.7. The second-order valence-corrected chi connectivity index (χ2v) is 7.51. The van der Waals surface area contributed by atoms with E-state index in [1.807, 2.05) is 89.6 Å². The maximum absolute atomic E-state index is 6.11. The Morgan fingerprint density at radius 2 is 1.26 bits per heavy atom. The fourth-order valence-corrected chi connectivity index (χ4v) is 3.70. The number of rotatable bonds is 5. The summed E-state index contributed by atoms with van der Waals surface area (Å²) in [6, 6.07) is 36.2. The lowest BCUT2D eigenvalue weighted by Crippen LogP contribution is -2.12. The molecule has 0 atom stereocenters. The smallest absolute Gasteiger partial charge is 0.142 e. The first-order valence-electron chi connectivity index (χ1n) is 9.98. The van der Waals surface area contributed by atoms with E-state index in [2.05, 4.69) is 39.9 Å². The summed E-state index contributed by atoms with van der Waals surface area (Å²) in [5, 5.41) is 13.2. The lowest BCUT2D eigenvalue weighted by atomic mass is 9.97. The van der Waals surface area contributed by atoms with Crippen molar-refractivity contribution in [3.63, 3.8) is 0 Å². The Bertz CT molecular complexity index is 1300. The molecule has 0 fully saturated rings. The molecule has 0 unspecified atom stereocenters. The number of benzene rings is 4. The van der Waals surface area contributed by atoms with Gasteiger partial charge in [0.15, 0.2) is 0 Å². The van der Waals surface area contributed by atoms with Crippen molar-refractivity contribution in [1.29, 1.82) is 0 Å². The topological polar surface area (TPSA) is 42.7 Å². The Hall–Kier alpha value is -3.89. The summed E-state index contributed by atoms with van der Waals surface area (Å²) in [5.41, 5.74) is 5.83. The molecule has 5 rings (SSSR count). The second-order valence-electron chi connectivity index (χ2n) is 7.08. The molecule has 0 aliphatic rings. The minimum atomic E-state index is 0.689. The first-order chi connectivity index (χ1) is 15.3. The third-order valence-corrected chi connectivity index (χ3v) is 5.28. The van der Waals surface area contributed by atoms with Crippen LogP contribution in [0, 0.1) is 0 Å². The van der Waals surface area contributed by atoms with E-state index < -0.39 is 0 Å². The number of nitrogens with zero attached hydrogens (tertiary/aromatic N) is 3. The summed E-state index contributed by atoms with van der Waals surface area (Å²) in [5.74, 6) is 0.813. The standard InChI is InChI=1S/C26H19ClN4/c27-21-15-17-22(18-16-21)28-26(31-24-14-8-7-13-23(24)29-30-31)25(19-9-3-1-4-10-19)20-11-5-2-6-12-20/h1-18,28H. The SMILES string of the molecule is Clc1ccc(NC(=C(c2ccccc2)c2ccccc2)n2nnc3ccccc32)cc1. The Balaban J connectivity index is 1.81. The summed E-state index contributed by atoms with van der Waals surface area (Å²) < 4.78 is 1.86. The minimum Gasteiger partial charge on any atom is -0.340 e. The van der Waals surface area contributed by atoms with Gasteiger partial charge >= 0.3 is 0 Å². The summed E-state index contributed by atoms with van der Waals surface area (Å²) in [6.07, 6.45) is 0. The van der Waals surface area contributed by atoms with Gasteiger partial charge in [-0.1, -0.05) is 89.6 Å². The van der Waals surface area contributed by atoms with Crippen LogP contribution in [0.4, 0.5) is 5.69 Å². The Kier molecular flexibility index (Phi) is 5.21. The van der Waals surface area contributed by atoms with E-state index in [4.69, 9.17) is 11.6 Å². The number of hydrogen-bond donors (Lipinski definition) is 1. The summed E-state index contributed by atoms with van der Waals surface area (Å²) in [6.45, 7) is 0. The highest BCUT2D eigenvalue weighted by molar-refractivity contribution is 6.30. The van der Waals surface area contributed by atoms with E-state index in [0.717, 1.165) is 39.2 Å². The molecule has 0 saturated heterocycles. The number of nitrogens with one attached hydrogen (secondary N) is 1. The van der Waals surface area contributed by atoms with Crippen LogP contribution in [0.25, 0.3) is 22.4 Å². The third kappa shape index (κ3) is 3.93. The molecule has 31 heavy (non-hydrogen) atoms. The van der Waals surface area contributed by atoms with Crippen LogP contribution >= 0.6 is 11.6 Å². The van der Waals surface area contributed by atoms with Crippen molar-refractivity contribution >= 4 is 39.7 Å². The molecule has 5 heteroatoms. The number of aromatic nitrogens is 3. The van der Waals surface area contributed by atoms with Gasteiger partial charge in [-0.3, -0.25) is 0 Å². The predicted molar refractivity (Wildman–Crippen MR) is 128 cm³/mol. The number of fused-ring (bicyclic) bond motifs is 1. The minimum absolute atomic E-state index is 0.689. The molecular formula is C26H19ClN4. The first-order valence-corrected chi connectivity index (χ1v) is 10.4. The molecule has 0 amide bonds. The molecule has 0 radical (unpaired) electrons. The number of hydrogen-bond acceptors (Lipinski definition) is 3. The highest BCUT2D eigenvalue weighted by Crippen LogP contribution is 2.31. The Morgan fingerprint density at radius 1 is 0.677 bits per heavy atom. The van der Waals surface area contributed by atoms with Crippen molar-refractivity contribution in [1.82, 2.24) is 15.0 Å². The quantitative estimate of drug-likeness (QED) is 0.348. The van der Waals surface area contributed by atoms with E-state index in [9.17, 15) is 0 Å². The Morgan fingerprint density at radius 3 is 1.90 bits per heavy atom. The Labute approximate surface area is 185 Å². The molecule has 150 valence electrons.